The zero-order valence-electron chi connectivity index (χ0n) is 14.9. The number of hydrogen-bond donors (Lipinski definition) is 1. The van der Waals surface area contributed by atoms with Crippen LogP contribution in [0.3, 0.4) is 0 Å². The fourth-order valence-electron chi connectivity index (χ4n) is 2.31. The highest BCUT2D eigenvalue weighted by Crippen LogP contribution is 2.27. The van der Waals surface area contributed by atoms with E-state index in [4.69, 9.17) is 16.3 Å². The Kier molecular flexibility index (Phi) is 6.37. The van der Waals surface area contributed by atoms with Crippen molar-refractivity contribution in [2.45, 2.75) is 34.1 Å². The molecular weight excluding hydrogens is 340 g/mol. The Morgan fingerprint density at radius 3 is 2.28 bits per heavy atom. The van der Waals surface area contributed by atoms with Gasteiger partial charge >= 0.3 is 5.97 Å². The van der Waals surface area contributed by atoms with E-state index in [9.17, 15) is 9.90 Å². The minimum atomic E-state index is -1.07. The van der Waals surface area contributed by atoms with Gasteiger partial charge in [0.2, 0.25) is 5.88 Å². The zero-order valence-corrected chi connectivity index (χ0v) is 15.7. The minimum absolute atomic E-state index is 0.0482. The van der Waals surface area contributed by atoms with Crippen molar-refractivity contribution >= 4 is 17.6 Å². The minimum Gasteiger partial charge on any atom is -0.477 e. The molecule has 0 radical (unpaired) electrons. The van der Waals surface area contributed by atoms with Gasteiger partial charge in [-0.05, 0) is 42.5 Å². The number of rotatable bonds is 7. The van der Waals surface area contributed by atoms with Gasteiger partial charge in [0.15, 0.2) is 5.82 Å². The normalized spacial score (nSPS) is 11.2. The van der Waals surface area contributed by atoms with Gasteiger partial charge in [-0.1, -0.05) is 39.3 Å². The van der Waals surface area contributed by atoms with Gasteiger partial charge in [-0.2, -0.15) is 4.98 Å². The standard InChI is InChI=1S/C19H23ClN2O3/c1-11(2)9-15-16(19(23)24)18(25-10-12(3)4)22-17(21-15)13-5-7-14(20)8-6-13/h5-8,11-12H,9-10H2,1-4H3,(H,23,24). The third kappa shape index (κ3) is 5.16. The predicted octanol–water partition coefficient (Wildman–Crippen LogP) is 4.73. The number of hydrogen-bond acceptors (Lipinski definition) is 4. The number of ether oxygens (including phenoxy) is 1. The van der Waals surface area contributed by atoms with Crippen LogP contribution in [0.5, 0.6) is 5.88 Å². The summed E-state index contributed by atoms with van der Waals surface area (Å²) in [6, 6.07) is 7.12. The Labute approximate surface area is 153 Å². The summed E-state index contributed by atoms with van der Waals surface area (Å²) in [6.07, 6.45) is 0.531. The number of carbonyl (C=O) groups is 1. The molecule has 0 aliphatic rings. The summed E-state index contributed by atoms with van der Waals surface area (Å²) in [4.78, 5) is 20.7. The molecule has 0 fully saturated rings. The summed E-state index contributed by atoms with van der Waals surface area (Å²) in [5.41, 5.74) is 1.30. The van der Waals surface area contributed by atoms with Crippen molar-refractivity contribution in [3.63, 3.8) is 0 Å². The van der Waals surface area contributed by atoms with Gasteiger partial charge in [0.05, 0.1) is 12.3 Å². The number of carboxylic acid groups (broad SMARTS) is 1. The second-order valence-electron chi connectivity index (χ2n) is 6.79. The van der Waals surface area contributed by atoms with E-state index in [1.165, 1.54) is 0 Å². The van der Waals surface area contributed by atoms with Crippen LogP contribution < -0.4 is 4.74 Å². The van der Waals surface area contributed by atoms with Crippen LogP contribution in [0.2, 0.25) is 5.02 Å². The number of benzene rings is 1. The van der Waals surface area contributed by atoms with E-state index in [0.717, 1.165) is 5.56 Å². The average molecular weight is 363 g/mol. The molecular formula is C19H23ClN2O3. The Morgan fingerprint density at radius 1 is 1.12 bits per heavy atom. The highest BCUT2D eigenvalue weighted by atomic mass is 35.5. The SMILES string of the molecule is CC(C)COc1nc(-c2ccc(Cl)cc2)nc(CC(C)C)c1C(=O)O. The lowest BCUT2D eigenvalue weighted by Gasteiger charge is -2.15. The molecule has 0 atom stereocenters. The van der Waals surface area contributed by atoms with Crippen LogP contribution >= 0.6 is 11.6 Å². The summed E-state index contributed by atoms with van der Waals surface area (Å²) in [5.74, 6) is -0.00177. The molecule has 0 amide bonds. The van der Waals surface area contributed by atoms with Gasteiger partial charge in [-0.3, -0.25) is 0 Å². The Bertz CT molecular complexity index is 743. The van der Waals surface area contributed by atoms with Crippen LogP contribution in [0, 0.1) is 11.8 Å². The first-order valence-corrected chi connectivity index (χ1v) is 8.68. The topological polar surface area (TPSA) is 72.3 Å². The molecule has 0 saturated heterocycles. The molecule has 0 spiro atoms. The molecule has 0 saturated carbocycles. The molecule has 0 aliphatic heterocycles. The van der Waals surface area contributed by atoms with Crippen molar-refractivity contribution in [3.8, 4) is 17.3 Å². The molecule has 5 nitrogen and oxygen atoms in total. The van der Waals surface area contributed by atoms with E-state index in [0.29, 0.717) is 29.6 Å². The third-order valence-corrected chi connectivity index (χ3v) is 3.67. The molecule has 25 heavy (non-hydrogen) atoms. The molecule has 1 aromatic carbocycles. The number of aromatic nitrogens is 2. The molecule has 0 unspecified atom stereocenters. The van der Waals surface area contributed by atoms with Crippen molar-refractivity contribution in [2.24, 2.45) is 11.8 Å². The number of aromatic carboxylic acids is 1. The van der Waals surface area contributed by atoms with E-state index >= 15 is 0 Å². The molecule has 1 aromatic heterocycles. The second-order valence-corrected chi connectivity index (χ2v) is 7.23. The molecule has 134 valence electrons. The molecule has 1 N–H and O–H groups in total. The van der Waals surface area contributed by atoms with Crippen molar-refractivity contribution in [1.82, 2.24) is 9.97 Å². The summed E-state index contributed by atoms with van der Waals surface area (Å²) in [7, 11) is 0. The summed E-state index contributed by atoms with van der Waals surface area (Å²) in [5, 5.41) is 10.3. The maximum atomic E-state index is 11.8. The van der Waals surface area contributed by atoms with Crippen molar-refractivity contribution in [3.05, 3.63) is 40.5 Å². The van der Waals surface area contributed by atoms with Crippen LogP contribution in [0.15, 0.2) is 24.3 Å². The van der Waals surface area contributed by atoms with E-state index < -0.39 is 5.97 Å². The van der Waals surface area contributed by atoms with Gasteiger partial charge in [-0.15, -0.1) is 0 Å². The van der Waals surface area contributed by atoms with Gasteiger partial charge in [-0.25, -0.2) is 9.78 Å². The fraction of sp³-hybridized carbons (Fsp3) is 0.421. The van der Waals surface area contributed by atoms with Gasteiger partial charge < -0.3 is 9.84 Å². The first kappa shape index (κ1) is 19.2. The Morgan fingerprint density at radius 2 is 1.76 bits per heavy atom. The third-order valence-electron chi connectivity index (χ3n) is 3.42. The van der Waals surface area contributed by atoms with Gasteiger partial charge in [0, 0.05) is 10.6 Å². The summed E-state index contributed by atoms with van der Waals surface area (Å²) in [6.45, 7) is 8.42. The van der Waals surface area contributed by atoms with Crippen LogP contribution in [0.25, 0.3) is 11.4 Å². The first-order valence-electron chi connectivity index (χ1n) is 8.30. The lowest BCUT2D eigenvalue weighted by molar-refractivity contribution is 0.0688. The molecule has 0 aliphatic carbocycles. The van der Waals surface area contributed by atoms with Gasteiger partial charge in [0.1, 0.15) is 5.56 Å². The maximum Gasteiger partial charge on any atom is 0.343 e. The zero-order chi connectivity index (χ0) is 18.6. The molecule has 1 heterocycles. The highest BCUT2D eigenvalue weighted by Gasteiger charge is 2.23. The number of nitrogens with zero attached hydrogens (tertiary/aromatic N) is 2. The van der Waals surface area contributed by atoms with Gasteiger partial charge in [0.25, 0.3) is 0 Å². The number of carboxylic acids is 1. The van der Waals surface area contributed by atoms with Crippen molar-refractivity contribution in [1.29, 1.82) is 0 Å². The summed E-state index contributed by atoms with van der Waals surface area (Å²) < 4.78 is 5.71. The van der Waals surface area contributed by atoms with Crippen molar-refractivity contribution < 1.29 is 14.6 Å². The van der Waals surface area contributed by atoms with Crippen LogP contribution in [-0.4, -0.2) is 27.7 Å². The van der Waals surface area contributed by atoms with Crippen LogP contribution in [0.1, 0.15) is 43.7 Å². The molecule has 0 bridgehead atoms. The lowest BCUT2D eigenvalue weighted by atomic mass is 10.0. The Hall–Kier alpha value is -2.14. The van der Waals surface area contributed by atoms with Crippen LogP contribution in [0.4, 0.5) is 0 Å². The monoisotopic (exact) mass is 362 g/mol. The molecule has 6 heteroatoms. The van der Waals surface area contributed by atoms with Crippen molar-refractivity contribution in [2.75, 3.05) is 6.61 Å². The van der Waals surface area contributed by atoms with Crippen LogP contribution in [-0.2, 0) is 6.42 Å². The number of halogens is 1. The second kappa shape index (κ2) is 8.30. The molecule has 2 aromatic rings. The van der Waals surface area contributed by atoms with E-state index in [2.05, 4.69) is 9.97 Å². The van der Waals surface area contributed by atoms with E-state index in [-0.39, 0.29) is 23.3 Å². The lowest BCUT2D eigenvalue weighted by Crippen LogP contribution is -2.15. The Balaban J connectivity index is 2.58. The van der Waals surface area contributed by atoms with E-state index in [1.807, 2.05) is 39.8 Å². The maximum absolute atomic E-state index is 11.8. The quantitative estimate of drug-likeness (QED) is 0.770. The smallest absolute Gasteiger partial charge is 0.343 e. The van der Waals surface area contributed by atoms with E-state index in [1.54, 1.807) is 12.1 Å². The molecule has 2 rings (SSSR count). The fourth-order valence-corrected chi connectivity index (χ4v) is 2.44. The average Bonchev–Trinajstić information content (AvgIpc) is 2.52. The summed E-state index contributed by atoms with van der Waals surface area (Å²) >= 11 is 5.94. The highest BCUT2D eigenvalue weighted by molar-refractivity contribution is 6.30. The first-order chi connectivity index (χ1) is 11.8. The predicted molar refractivity (Wildman–Crippen MR) is 98.3 cm³/mol. The largest absolute Gasteiger partial charge is 0.477 e.